The third-order valence-corrected chi connectivity index (χ3v) is 5.13. The second kappa shape index (κ2) is 4.87. The van der Waals surface area contributed by atoms with Gasteiger partial charge in [-0.05, 0) is 19.8 Å². The molecule has 0 aromatic carbocycles. The fourth-order valence-corrected chi connectivity index (χ4v) is 4.11. The molecule has 2 amide bonds. The maximum Gasteiger partial charge on any atom is 0.317 e. The highest BCUT2D eigenvalue weighted by Gasteiger charge is 2.32. The second-order valence-electron chi connectivity index (χ2n) is 5.66. The van der Waals surface area contributed by atoms with E-state index in [1.165, 1.54) is 0 Å². The molecule has 8 heteroatoms. The zero-order valence-corrected chi connectivity index (χ0v) is 12.8. The molecule has 2 aromatic rings. The molecule has 2 fully saturated rings. The van der Waals surface area contributed by atoms with Crippen LogP contribution in [0.1, 0.15) is 18.5 Å². The number of nitrogens with zero attached hydrogens (tertiary/aromatic N) is 5. The number of piperidine rings is 1. The van der Waals surface area contributed by atoms with Crippen molar-refractivity contribution in [2.24, 2.45) is 0 Å². The Balaban J connectivity index is 1.54. The van der Waals surface area contributed by atoms with Gasteiger partial charge in [-0.25, -0.2) is 14.3 Å². The molecule has 2 aliphatic heterocycles. The molecule has 4 rings (SSSR count). The molecule has 0 saturated carbocycles. The number of urea groups is 1. The van der Waals surface area contributed by atoms with Gasteiger partial charge in [-0.1, -0.05) is 11.3 Å². The summed E-state index contributed by atoms with van der Waals surface area (Å²) in [5, 5.41) is 8.50. The minimum Gasteiger partial charge on any atom is -0.345 e. The lowest BCUT2D eigenvalue weighted by Crippen LogP contribution is -2.49. The summed E-state index contributed by atoms with van der Waals surface area (Å²) in [7, 11) is 0. The minimum atomic E-state index is 0.0754. The number of hydrogen-bond donors (Lipinski definition) is 1. The summed E-state index contributed by atoms with van der Waals surface area (Å²) in [6, 6.07) is 0.366. The molecule has 0 bridgehead atoms. The highest BCUT2D eigenvalue weighted by Crippen LogP contribution is 2.27. The van der Waals surface area contributed by atoms with E-state index in [1.807, 2.05) is 22.5 Å². The van der Waals surface area contributed by atoms with E-state index in [2.05, 4.69) is 20.3 Å². The Morgan fingerprint density at radius 2 is 2.33 bits per heavy atom. The molecular formula is C13H18N6OS. The number of aromatic nitrogens is 3. The predicted molar refractivity (Wildman–Crippen MR) is 80.9 cm³/mol. The van der Waals surface area contributed by atoms with Gasteiger partial charge >= 0.3 is 6.03 Å². The molecule has 2 aromatic heterocycles. The first-order valence-electron chi connectivity index (χ1n) is 7.33. The highest BCUT2D eigenvalue weighted by atomic mass is 32.1. The van der Waals surface area contributed by atoms with Crippen LogP contribution in [0.4, 0.5) is 9.93 Å². The molecule has 112 valence electrons. The zero-order chi connectivity index (χ0) is 14.4. The van der Waals surface area contributed by atoms with Crippen molar-refractivity contribution in [3.63, 3.8) is 0 Å². The van der Waals surface area contributed by atoms with Gasteiger partial charge in [0.2, 0.25) is 10.1 Å². The average Bonchev–Trinajstić information content (AvgIpc) is 3.13. The van der Waals surface area contributed by atoms with Crippen molar-refractivity contribution in [1.82, 2.24) is 24.8 Å². The van der Waals surface area contributed by atoms with Crippen LogP contribution in [0.15, 0.2) is 6.20 Å². The van der Waals surface area contributed by atoms with E-state index in [-0.39, 0.29) is 6.03 Å². The van der Waals surface area contributed by atoms with E-state index >= 15 is 0 Å². The molecule has 0 spiro atoms. The first-order chi connectivity index (χ1) is 10.2. The van der Waals surface area contributed by atoms with Gasteiger partial charge in [-0.15, -0.1) is 5.10 Å². The third-order valence-electron chi connectivity index (χ3n) is 4.15. The Labute approximate surface area is 126 Å². The van der Waals surface area contributed by atoms with Gasteiger partial charge in [0.1, 0.15) is 0 Å². The number of aryl methyl sites for hydroxylation is 1. The van der Waals surface area contributed by atoms with Crippen LogP contribution in [0, 0.1) is 6.92 Å². The third kappa shape index (κ3) is 2.23. The molecule has 2 aliphatic rings. The normalized spacial score (nSPS) is 23.1. The maximum atomic E-state index is 11.8. The number of nitrogens with one attached hydrogen (secondary N) is 1. The fourth-order valence-electron chi connectivity index (χ4n) is 3.14. The largest absolute Gasteiger partial charge is 0.345 e. The Hall–Kier alpha value is -1.83. The lowest BCUT2D eigenvalue weighted by molar-refractivity contribution is 0.189. The average molecular weight is 306 g/mol. The summed E-state index contributed by atoms with van der Waals surface area (Å²) in [6.07, 6.45) is 4.12. The van der Waals surface area contributed by atoms with Gasteiger partial charge in [-0.3, -0.25) is 0 Å². The molecule has 21 heavy (non-hydrogen) atoms. The number of carbonyl (C=O) groups excluding carboxylic acids is 1. The monoisotopic (exact) mass is 306 g/mol. The van der Waals surface area contributed by atoms with Gasteiger partial charge in [0.25, 0.3) is 0 Å². The van der Waals surface area contributed by atoms with Gasteiger partial charge in [-0.2, -0.15) is 0 Å². The van der Waals surface area contributed by atoms with Gasteiger partial charge in [0.05, 0.1) is 17.9 Å². The summed E-state index contributed by atoms with van der Waals surface area (Å²) in [5.74, 6) is 0. The van der Waals surface area contributed by atoms with E-state index in [4.69, 9.17) is 0 Å². The van der Waals surface area contributed by atoms with Crippen LogP contribution in [0.2, 0.25) is 0 Å². The second-order valence-corrected chi connectivity index (χ2v) is 6.60. The number of amides is 2. The molecular weight excluding hydrogens is 288 g/mol. The molecule has 1 N–H and O–H groups in total. The SMILES string of the molecule is Cc1cn2nc(N3CCC[C@@H](N4CCNC4=O)C3)sc2n1. The van der Waals surface area contributed by atoms with Crippen LogP contribution in [0.5, 0.6) is 0 Å². The lowest BCUT2D eigenvalue weighted by atomic mass is 10.1. The Kier molecular flexibility index (Phi) is 2.99. The van der Waals surface area contributed by atoms with E-state index in [0.29, 0.717) is 6.04 Å². The Morgan fingerprint density at radius 3 is 3.10 bits per heavy atom. The molecule has 0 aliphatic carbocycles. The van der Waals surface area contributed by atoms with Crippen molar-refractivity contribution in [1.29, 1.82) is 0 Å². The fraction of sp³-hybridized carbons (Fsp3) is 0.615. The van der Waals surface area contributed by atoms with E-state index in [0.717, 1.165) is 54.8 Å². The van der Waals surface area contributed by atoms with Crippen LogP contribution in [-0.4, -0.2) is 57.7 Å². The number of carbonyl (C=O) groups is 1. The zero-order valence-electron chi connectivity index (χ0n) is 11.9. The quantitative estimate of drug-likeness (QED) is 0.902. The standard InChI is InChI=1S/C13H18N6OS/c1-9-7-19-12(15-9)21-13(16-19)17-5-2-3-10(8-17)18-6-4-14-11(18)20/h7,10H,2-6,8H2,1H3,(H,14,20)/t10-/m1/s1. The molecule has 4 heterocycles. The van der Waals surface area contributed by atoms with E-state index < -0.39 is 0 Å². The van der Waals surface area contributed by atoms with Crippen molar-refractivity contribution in [3.05, 3.63) is 11.9 Å². The van der Waals surface area contributed by atoms with Crippen LogP contribution >= 0.6 is 11.3 Å². The molecule has 0 unspecified atom stereocenters. The van der Waals surface area contributed by atoms with Gasteiger partial charge in [0.15, 0.2) is 0 Å². The number of hydrogen-bond acceptors (Lipinski definition) is 5. The van der Waals surface area contributed by atoms with Crippen molar-refractivity contribution in [3.8, 4) is 0 Å². The molecule has 0 radical (unpaired) electrons. The molecule has 7 nitrogen and oxygen atoms in total. The van der Waals surface area contributed by atoms with Crippen molar-refractivity contribution < 1.29 is 4.79 Å². The molecule has 2 saturated heterocycles. The van der Waals surface area contributed by atoms with Crippen LogP contribution in [0.3, 0.4) is 0 Å². The topological polar surface area (TPSA) is 65.8 Å². The van der Waals surface area contributed by atoms with E-state index in [1.54, 1.807) is 11.3 Å². The van der Waals surface area contributed by atoms with Gasteiger partial charge < -0.3 is 15.1 Å². The first-order valence-corrected chi connectivity index (χ1v) is 8.14. The highest BCUT2D eigenvalue weighted by molar-refractivity contribution is 7.20. The smallest absolute Gasteiger partial charge is 0.317 e. The Bertz CT molecular complexity index is 648. The number of fused-ring (bicyclic) bond motifs is 1. The summed E-state index contributed by atoms with van der Waals surface area (Å²) in [6.45, 7) is 5.42. The van der Waals surface area contributed by atoms with Crippen LogP contribution in [0.25, 0.3) is 4.96 Å². The van der Waals surface area contributed by atoms with Crippen LogP contribution in [-0.2, 0) is 0 Å². The summed E-state index contributed by atoms with van der Waals surface area (Å²) < 4.78 is 1.85. The summed E-state index contributed by atoms with van der Waals surface area (Å²) in [5.41, 5.74) is 0.991. The summed E-state index contributed by atoms with van der Waals surface area (Å²) >= 11 is 1.62. The molecule has 1 atom stereocenters. The predicted octanol–water partition coefficient (Wildman–Crippen LogP) is 1.09. The number of rotatable bonds is 2. The summed E-state index contributed by atoms with van der Waals surface area (Å²) in [4.78, 5) is 21.5. The van der Waals surface area contributed by atoms with Gasteiger partial charge in [0, 0.05) is 26.2 Å². The maximum absolute atomic E-state index is 11.8. The minimum absolute atomic E-state index is 0.0754. The van der Waals surface area contributed by atoms with Crippen molar-refractivity contribution >= 4 is 27.5 Å². The van der Waals surface area contributed by atoms with Crippen molar-refractivity contribution in [2.45, 2.75) is 25.8 Å². The number of anilines is 1. The Morgan fingerprint density at radius 1 is 1.43 bits per heavy atom. The van der Waals surface area contributed by atoms with Crippen LogP contribution < -0.4 is 10.2 Å². The number of imidazole rings is 1. The van der Waals surface area contributed by atoms with E-state index in [9.17, 15) is 4.79 Å². The van der Waals surface area contributed by atoms with Crippen molar-refractivity contribution in [2.75, 3.05) is 31.1 Å². The first kappa shape index (κ1) is 12.9. The lowest BCUT2D eigenvalue weighted by Gasteiger charge is -2.36.